The average Bonchev–Trinajstić information content (AvgIpc) is 2.26. The molecule has 0 saturated heterocycles. The third kappa shape index (κ3) is 3.73. The smallest absolute Gasteiger partial charge is 0.255 e. The Balaban J connectivity index is 2.56. The first kappa shape index (κ1) is 12.8. The molecule has 4 nitrogen and oxygen atoms in total. The van der Waals surface area contributed by atoms with Crippen LogP contribution in [-0.2, 0) is 0 Å². The summed E-state index contributed by atoms with van der Waals surface area (Å²) < 4.78 is 0. The van der Waals surface area contributed by atoms with Gasteiger partial charge < -0.3 is 11.1 Å². The third-order valence-corrected chi connectivity index (χ3v) is 2.88. The molecule has 1 aromatic heterocycles. The number of rotatable bonds is 5. The molecule has 0 saturated carbocycles. The second-order valence-electron chi connectivity index (χ2n) is 3.62. The van der Waals surface area contributed by atoms with Gasteiger partial charge in [-0.15, -0.1) is 0 Å². The lowest BCUT2D eigenvalue weighted by Gasteiger charge is -2.13. The van der Waals surface area contributed by atoms with Crippen molar-refractivity contribution in [3.8, 4) is 0 Å². The molecular weight excluding hydrogens is 222 g/mol. The zero-order valence-electron chi connectivity index (χ0n) is 9.56. The van der Waals surface area contributed by atoms with E-state index < -0.39 is 0 Å². The minimum Gasteiger partial charge on any atom is -0.398 e. The van der Waals surface area contributed by atoms with E-state index in [4.69, 9.17) is 5.73 Å². The number of carbonyl (C=O) groups is 1. The van der Waals surface area contributed by atoms with E-state index in [1.165, 1.54) is 6.20 Å². The first-order chi connectivity index (χ1) is 7.65. The summed E-state index contributed by atoms with van der Waals surface area (Å²) in [7, 11) is 0. The molecule has 0 aliphatic heterocycles. The number of nitrogens with zero attached hydrogens (tertiary/aromatic N) is 1. The number of aromatic nitrogens is 1. The van der Waals surface area contributed by atoms with Crippen LogP contribution in [0.3, 0.4) is 0 Å². The maximum atomic E-state index is 11.8. The van der Waals surface area contributed by atoms with Gasteiger partial charge in [0.1, 0.15) is 0 Å². The highest BCUT2D eigenvalue weighted by atomic mass is 32.2. The molecule has 1 heterocycles. The Hall–Kier alpha value is -1.23. The van der Waals surface area contributed by atoms with Crippen molar-refractivity contribution in [1.29, 1.82) is 0 Å². The number of hydrogen-bond acceptors (Lipinski definition) is 4. The van der Waals surface area contributed by atoms with Crippen LogP contribution in [0.15, 0.2) is 18.5 Å². The minimum absolute atomic E-state index is 0.152. The van der Waals surface area contributed by atoms with Crippen LogP contribution >= 0.6 is 11.8 Å². The lowest BCUT2D eigenvalue weighted by Crippen LogP contribution is -2.33. The van der Waals surface area contributed by atoms with Crippen LogP contribution < -0.4 is 11.1 Å². The fourth-order valence-electron chi connectivity index (χ4n) is 1.26. The van der Waals surface area contributed by atoms with Crippen molar-refractivity contribution in [3.63, 3.8) is 0 Å². The summed E-state index contributed by atoms with van der Waals surface area (Å²) >= 11 is 1.77. The first-order valence-corrected chi connectivity index (χ1v) is 6.53. The maximum Gasteiger partial charge on any atom is 0.255 e. The fourth-order valence-corrected chi connectivity index (χ4v) is 1.85. The van der Waals surface area contributed by atoms with Gasteiger partial charge in [0.05, 0.1) is 5.56 Å². The molecule has 0 radical (unpaired) electrons. The molecule has 0 bridgehead atoms. The molecule has 1 rings (SSSR count). The van der Waals surface area contributed by atoms with E-state index >= 15 is 0 Å². The van der Waals surface area contributed by atoms with Crippen LogP contribution in [0.1, 0.15) is 23.7 Å². The lowest BCUT2D eigenvalue weighted by atomic mass is 10.2. The van der Waals surface area contributed by atoms with E-state index in [1.807, 2.05) is 13.2 Å². The Morgan fingerprint density at radius 2 is 2.44 bits per heavy atom. The van der Waals surface area contributed by atoms with Crippen LogP contribution in [0.4, 0.5) is 5.69 Å². The molecule has 1 atom stereocenters. The van der Waals surface area contributed by atoms with Crippen molar-refractivity contribution in [2.75, 3.05) is 17.7 Å². The molecule has 3 N–H and O–H groups in total. The molecule has 5 heteroatoms. The largest absolute Gasteiger partial charge is 0.398 e. The van der Waals surface area contributed by atoms with Crippen LogP contribution in [0, 0.1) is 0 Å². The molecular formula is C11H17N3OS. The molecule has 0 aliphatic carbocycles. The van der Waals surface area contributed by atoms with Gasteiger partial charge in [0.2, 0.25) is 0 Å². The Kier molecular flexibility index (Phi) is 5.11. The molecule has 1 aromatic rings. The van der Waals surface area contributed by atoms with Crippen molar-refractivity contribution in [2.24, 2.45) is 0 Å². The van der Waals surface area contributed by atoms with E-state index in [0.29, 0.717) is 11.3 Å². The van der Waals surface area contributed by atoms with Gasteiger partial charge in [0, 0.05) is 24.1 Å². The summed E-state index contributed by atoms with van der Waals surface area (Å²) in [5.74, 6) is 0.878. The van der Waals surface area contributed by atoms with Gasteiger partial charge in [-0.3, -0.25) is 9.78 Å². The lowest BCUT2D eigenvalue weighted by molar-refractivity contribution is 0.0940. The van der Waals surface area contributed by atoms with E-state index in [1.54, 1.807) is 24.0 Å². The molecule has 0 aliphatic rings. The predicted molar refractivity (Wildman–Crippen MR) is 68.6 cm³/mol. The summed E-state index contributed by atoms with van der Waals surface area (Å²) in [4.78, 5) is 15.7. The highest BCUT2D eigenvalue weighted by Crippen LogP contribution is 2.09. The fraction of sp³-hybridized carbons (Fsp3) is 0.455. The van der Waals surface area contributed by atoms with Crippen LogP contribution in [0.2, 0.25) is 0 Å². The zero-order valence-corrected chi connectivity index (χ0v) is 10.4. The molecule has 88 valence electrons. The monoisotopic (exact) mass is 239 g/mol. The van der Waals surface area contributed by atoms with Gasteiger partial charge in [-0.05, 0) is 31.4 Å². The minimum atomic E-state index is -0.154. The average molecular weight is 239 g/mol. The third-order valence-electron chi connectivity index (χ3n) is 2.23. The van der Waals surface area contributed by atoms with Gasteiger partial charge in [0.25, 0.3) is 5.91 Å². The SMILES string of the molecule is CSCCC(C)NC(=O)c1cnccc1N. The predicted octanol–water partition coefficient (Wildman–Crippen LogP) is 1.54. The molecule has 0 aromatic carbocycles. The number of amides is 1. The van der Waals surface area contributed by atoms with Crippen molar-refractivity contribution < 1.29 is 4.79 Å². The number of thioether (sulfide) groups is 1. The van der Waals surface area contributed by atoms with Crippen molar-refractivity contribution in [2.45, 2.75) is 19.4 Å². The van der Waals surface area contributed by atoms with E-state index in [9.17, 15) is 4.79 Å². The number of nitrogens with two attached hydrogens (primary N) is 1. The van der Waals surface area contributed by atoms with Crippen molar-refractivity contribution in [1.82, 2.24) is 10.3 Å². The standard InChI is InChI=1S/C11H17N3OS/c1-8(4-6-16-2)14-11(15)9-7-13-5-3-10(9)12/h3,5,7-8H,4,6H2,1-2H3,(H2,12,13)(H,14,15). The summed E-state index contributed by atoms with van der Waals surface area (Å²) in [5, 5.41) is 2.90. The second-order valence-corrected chi connectivity index (χ2v) is 4.60. The van der Waals surface area contributed by atoms with Gasteiger partial charge in [0.15, 0.2) is 0 Å². The van der Waals surface area contributed by atoms with Gasteiger partial charge in [-0.1, -0.05) is 0 Å². The molecule has 1 amide bonds. The number of pyridine rings is 1. The number of nitrogens with one attached hydrogen (secondary N) is 1. The van der Waals surface area contributed by atoms with Gasteiger partial charge in [-0.2, -0.15) is 11.8 Å². The quantitative estimate of drug-likeness (QED) is 0.817. The van der Waals surface area contributed by atoms with Crippen LogP contribution in [0.5, 0.6) is 0 Å². The Labute approximate surface area is 100 Å². The molecule has 0 spiro atoms. The normalized spacial score (nSPS) is 12.1. The summed E-state index contributed by atoms with van der Waals surface area (Å²) in [6.45, 7) is 1.99. The number of hydrogen-bond donors (Lipinski definition) is 2. The van der Waals surface area contributed by atoms with E-state index in [2.05, 4.69) is 10.3 Å². The molecule has 0 fully saturated rings. The maximum absolute atomic E-state index is 11.8. The highest BCUT2D eigenvalue weighted by Gasteiger charge is 2.12. The Bertz CT molecular complexity index is 357. The molecule has 1 unspecified atom stereocenters. The van der Waals surface area contributed by atoms with E-state index in [-0.39, 0.29) is 11.9 Å². The number of carbonyl (C=O) groups excluding carboxylic acids is 1. The van der Waals surface area contributed by atoms with Gasteiger partial charge in [-0.25, -0.2) is 0 Å². The first-order valence-electron chi connectivity index (χ1n) is 5.14. The molecule has 16 heavy (non-hydrogen) atoms. The van der Waals surface area contributed by atoms with Gasteiger partial charge >= 0.3 is 0 Å². The van der Waals surface area contributed by atoms with Crippen molar-refractivity contribution >= 4 is 23.4 Å². The summed E-state index contributed by atoms with van der Waals surface area (Å²) in [5.41, 5.74) is 6.60. The summed E-state index contributed by atoms with van der Waals surface area (Å²) in [6, 6.07) is 1.78. The summed E-state index contributed by atoms with van der Waals surface area (Å²) in [6.07, 6.45) is 6.07. The second kappa shape index (κ2) is 6.37. The zero-order chi connectivity index (χ0) is 12.0. The Morgan fingerprint density at radius 1 is 1.69 bits per heavy atom. The number of anilines is 1. The van der Waals surface area contributed by atoms with Crippen molar-refractivity contribution in [3.05, 3.63) is 24.0 Å². The van der Waals surface area contributed by atoms with Crippen LogP contribution in [-0.4, -0.2) is 28.9 Å². The Morgan fingerprint density at radius 3 is 3.06 bits per heavy atom. The highest BCUT2D eigenvalue weighted by molar-refractivity contribution is 7.98. The van der Waals surface area contributed by atoms with E-state index in [0.717, 1.165) is 12.2 Å². The topological polar surface area (TPSA) is 68.0 Å². The number of nitrogen functional groups attached to an aromatic ring is 1. The van der Waals surface area contributed by atoms with Crippen LogP contribution in [0.25, 0.3) is 0 Å².